The number of amides is 1. The molecule has 0 unspecified atom stereocenters. The fourth-order valence-electron chi connectivity index (χ4n) is 2.14. The number of hydrogen-bond donors (Lipinski definition) is 1. The quantitative estimate of drug-likeness (QED) is 0.762. The van der Waals surface area contributed by atoms with Crippen molar-refractivity contribution in [2.75, 3.05) is 26.1 Å². The predicted octanol–water partition coefficient (Wildman–Crippen LogP) is 3.50. The summed E-state index contributed by atoms with van der Waals surface area (Å²) in [4.78, 5) is 22.9. The lowest BCUT2D eigenvalue weighted by Crippen LogP contribution is -2.20. The molecule has 0 aliphatic rings. The van der Waals surface area contributed by atoms with Gasteiger partial charge in [-0.25, -0.2) is 0 Å². The summed E-state index contributed by atoms with van der Waals surface area (Å²) in [7, 11) is 2.95. The summed E-state index contributed by atoms with van der Waals surface area (Å²) in [5.41, 5.74) is 1.76. The van der Waals surface area contributed by atoms with Crippen LogP contribution < -0.4 is 19.5 Å². The predicted molar refractivity (Wildman–Crippen MR) is 95.2 cm³/mol. The molecule has 0 spiro atoms. The number of benzene rings is 2. The zero-order chi connectivity index (χ0) is 18.4. The highest BCUT2D eigenvalue weighted by Crippen LogP contribution is 2.31. The van der Waals surface area contributed by atoms with Gasteiger partial charge in [0.15, 0.2) is 18.1 Å². The van der Waals surface area contributed by atoms with Crippen molar-refractivity contribution in [3.05, 3.63) is 46.5 Å². The average Bonchev–Trinajstić information content (AvgIpc) is 2.62. The topological polar surface area (TPSA) is 73.9 Å². The molecule has 2 aromatic rings. The smallest absolute Gasteiger partial charge is 0.262 e. The van der Waals surface area contributed by atoms with E-state index in [1.54, 1.807) is 24.3 Å². The number of carbonyl (C=O) groups excluding carboxylic acids is 2. The molecule has 2 aromatic carbocycles. The van der Waals surface area contributed by atoms with E-state index < -0.39 is 0 Å². The zero-order valence-electron chi connectivity index (χ0n) is 14.1. The third kappa shape index (κ3) is 4.64. The van der Waals surface area contributed by atoms with E-state index in [1.807, 2.05) is 6.92 Å². The van der Waals surface area contributed by atoms with Crippen LogP contribution in [0.5, 0.6) is 17.2 Å². The molecule has 6 nitrogen and oxygen atoms in total. The Morgan fingerprint density at radius 2 is 1.84 bits per heavy atom. The Morgan fingerprint density at radius 3 is 2.48 bits per heavy atom. The van der Waals surface area contributed by atoms with Gasteiger partial charge in [-0.05, 0) is 36.8 Å². The van der Waals surface area contributed by atoms with Crippen LogP contribution in [0.25, 0.3) is 0 Å². The Balaban J connectivity index is 2.07. The molecule has 7 heteroatoms. The highest BCUT2D eigenvalue weighted by Gasteiger charge is 2.12. The fraction of sp³-hybridized carbons (Fsp3) is 0.222. The molecular formula is C18H18ClNO5. The molecule has 25 heavy (non-hydrogen) atoms. The molecule has 1 amide bonds. The van der Waals surface area contributed by atoms with Gasteiger partial charge >= 0.3 is 0 Å². The van der Waals surface area contributed by atoms with Gasteiger partial charge in [-0.15, -0.1) is 0 Å². The third-order valence-electron chi connectivity index (χ3n) is 3.44. The lowest BCUT2D eigenvalue weighted by molar-refractivity contribution is -0.118. The SMILES string of the molecule is COc1cc(Cl)c(C)cc1NC(=O)COc1ccc(C=O)cc1OC. The molecule has 132 valence electrons. The lowest BCUT2D eigenvalue weighted by Gasteiger charge is -2.14. The first-order valence-corrected chi connectivity index (χ1v) is 7.76. The second kappa shape index (κ2) is 8.39. The minimum Gasteiger partial charge on any atom is -0.495 e. The van der Waals surface area contributed by atoms with Gasteiger partial charge in [0.2, 0.25) is 0 Å². The summed E-state index contributed by atoms with van der Waals surface area (Å²) in [5, 5.41) is 3.26. The van der Waals surface area contributed by atoms with Crippen molar-refractivity contribution in [1.29, 1.82) is 0 Å². The number of ether oxygens (including phenoxy) is 3. The Hall–Kier alpha value is -2.73. The van der Waals surface area contributed by atoms with E-state index in [0.717, 1.165) is 5.56 Å². The second-order valence-corrected chi connectivity index (χ2v) is 5.57. The third-order valence-corrected chi connectivity index (χ3v) is 3.84. The van der Waals surface area contributed by atoms with E-state index in [1.165, 1.54) is 20.3 Å². The number of halogens is 1. The minimum atomic E-state index is -0.374. The van der Waals surface area contributed by atoms with Gasteiger partial charge in [-0.1, -0.05) is 11.6 Å². The number of rotatable bonds is 7. The summed E-state index contributed by atoms with van der Waals surface area (Å²) in [6.07, 6.45) is 0.703. The molecule has 0 radical (unpaired) electrons. The van der Waals surface area contributed by atoms with Crippen LogP contribution in [0.1, 0.15) is 15.9 Å². The second-order valence-electron chi connectivity index (χ2n) is 5.17. The highest BCUT2D eigenvalue weighted by atomic mass is 35.5. The largest absolute Gasteiger partial charge is 0.495 e. The van der Waals surface area contributed by atoms with Gasteiger partial charge in [0.05, 0.1) is 19.9 Å². The van der Waals surface area contributed by atoms with E-state index in [4.69, 9.17) is 25.8 Å². The first-order valence-electron chi connectivity index (χ1n) is 7.38. The van der Waals surface area contributed by atoms with Gasteiger partial charge in [0.25, 0.3) is 5.91 Å². The van der Waals surface area contributed by atoms with Crippen molar-refractivity contribution in [2.24, 2.45) is 0 Å². The van der Waals surface area contributed by atoms with Crippen molar-refractivity contribution in [2.45, 2.75) is 6.92 Å². The molecule has 0 saturated heterocycles. The first kappa shape index (κ1) is 18.6. The summed E-state index contributed by atoms with van der Waals surface area (Å²) >= 11 is 6.04. The van der Waals surface area contributed by atoms with Crippen LogP contribution in [0.3, 0.4) is 0 Å². The van der Waals surface area contributed by atoms with E-state index in [0.29, 0.717) is 39.8 Å². The monoisotopic (exact) mass is 363 g/mol. The van der Waals surface area contributed by atoms with Gasteiger partial charge < -0.3 is 19.5 Å². The van der Waals surface area contributed by atoms with E-state index in [2.05, 4.69) is 5.32 Å². The first-order chi connectivity index (χ1) is 12.0. The van der Waals surface area contributed by atoms with Crippen LogP contribution in [0.2, 0.25) is 5.02 Å². The van der Waals surface area contributed by atoms with Crippen LogP contribution in [0, 0.1) is 6.92 Å². The number of nitrogens with one attached hydrogen (secondary N) is 1. The maximum absolute atomic E-state index is 12.2. The number of methoxy groups -OCH3 is 2. The lowest BCUT2D eigenvalue weighted by atomic mass is 10.2. The zero-order valence-corrected chi connectivity index (χ0v) is 14.8. The van der Waals surface area contributed by atoms with Gasteiger partial charge in [0, 0.05) is 16.7 Å². The van der Waals surface area contributed by atoms with Crippen LogP contribution in [-0.4, -0.2) is 33.0 Å². The van der Waals surface area contributed by atoms with Crippen molar-refractivity contribution in [3.8, 4) is 17.2 Å². The average molecular weight is 364 g/mol. The van der Waals surface area contributed by atoms with Crippen LogP contribution in [-0.2, 0) is 4.79 Å². The van der Waals surface area contributed by atoms with E-state index >= 15 is 0 Å². The fourth-order valence-corrected chi connectivity index (χ4v) is 2.29. The Kier molecular flexibility index (Phi) is 6.25. The van der Waals surface area contributed by atoms with Gasteiger partial charge in [-0.3, -0.25) is 9.59 Å². The molecule has 0 saturated carbocycles. The molecule has 0 heterocycles. The molecule has 0 aliphatic carbocycles. The summed E-state index contributed by atoms with van der Waals surface area (Å²) in [6.45, 7) is 1.59. The van der Waals surface area contributed by atoms with Crippen molar-refractivity contribution in [3.63, 3.8) is 0 Å². The van der Waals surface area contributed by atoms with Crippen molar-refractivity contribution < 1.29 is 23.8 Å². The number of anilines is 1. The standard InChI is InChI=1S/C18H18ClNO5/c1-11-6-14(16(23-2)8-13(11)19)20-18(22)10-25-15-5-4-12(9-21)7-17(15)24-3/h4-9H,10H2,1-3H3,(H,20,22). The molecular weight excluding hydrogens is 346 g/mol. The molecule has 0 aromatic heterocycles. The van der Waals surface area contributed by atoms with E-state index in [9.17, 15) is 9.59 Å². The van der Waals surface area contributed by atoms with E-state index in [-0.39, 0.29) is 12.5 Å². The Labute approximate surface area is 150 Å². The summed E-state index contributed by atoms with van der Waals surface area (Å²) in [5.74, 6) is 0.818. The van der Waals surface area contributed by atoms with Crippen LogP contribution in [0.15, 0.2) is 30.3 Å². The Bertz CT molecular complexity index is 791. The van der Waals surface area contributed by atoms with Crippen molar-refractivity contribution >= 4 is 29.5 Å². The molecule has 2 rings (SSSR count). The molecule has 1 N–H and O–H groups in total. The summed E-state index contributed by atoms with van der Waals surface area (Å²) < 4.78 is 15.8. The Morgan fingerprint density at radius 1 is 1.12 bits per heavy atom. The maximum Gasteiger partial charge on any atom is 0.262 e. The van der Waals surface area contributed by atoms with Gasteiger partial charge in [-0.2, -0.15) is 0 Å². The van der Waals surface area contributed by atoms with Crippen LogP contribution >= 0.6 is 11.6 Å². The number of carbonyl (C=O) groups is 2. The summed E-state index contributed by atoms with van der Waals surface area (Å²) in [6, 6.07) is 8.04. The molecule has 0 fully saturated rings. The normalized spacial score (nSPS) is 10.1. The minimum absolute atomic E-state index is 0.234. The van der Waals surface area contributed by atoms with Crippen molar-refractivity contribution in [1.82, 2.24) is 0 Å². The highest BCUT2D eigenvalue weighted by molar-refractivity contribution is 6.31. The number of hydrogen-bond acceptors (Lipinski definition) is 5. The molecule has 0 atom stereocenters. The van der Waals surface area contributed by atoms with Crippen LogP contribution in [0.4, 0.5) is 5.69 Å². The molecule has 0 aliphatic heterocycles. The number of aldehydes is 1. The molecule has 0 bridgehead atoms. The number of aryl methyl sites for hydroxylation is 1. The van der Waals surface area contributed by atoms with Gasteiger partial charge in [0.1, 0.15) is 12.0 Å². The maximum atomic E-state index is 12.2.